The molecule has 2 aromatic carbocycles. The van der Waals surface area contributed by atoms with Gasteiger partial charge < -0.3 is 24.6 Å². The van der Waals surface area contributed by atoms with E-state index in [1.165, 1.54) is 7.11 Å². The summed E-state index contributed by atoms with van der Waals surface area (Å²) in [6.45, 7) is 6.45. The van der Waals surface area contributed by atoms with Crippen LogP contribution in [0.5, 0.6) is 0 Å². The summed E-state index contributed by atoms with van der Waals surface area (Å²) in [6.07, 6.45) is 1.14. The number of benzene rings is 2. The normalized spacial score (nSPS) is 20.9. The molecule has 1 amide bonds. The average Bonchev–Trinajstić information content (AvgIpc) is 3.02. The molecule has 1 fully saturated rings. The molecule has 1 saturated heterocycles. The molecule has 2 aromatic rings. The molecular formula is C29H33N3O5. The highest BCUT2D eigenvalue weighted by Gasteiger charge is 2.42. The summed E-state index contributed by atoms with van der Waals surface area (Å²) in [5, 5.41) is 3.57. The zero-order valence-electron chi connectivity index (χ0n) is 21.6. The zero-order valence-corrected chi connectivity index (χ0v) is 21.6. The van der Waals surface area contributed by atoms with Gasteiger partial charge in [0.1, 0.15) is 0 Å². The van der Waals surface area contributed by atoms with Gasteiger partial charge in [-0.15, -0.1) is 0 Å². The smallest absolute Gasteiger partial charge is 0.337 e. The maximum absolute atomic E-state index is 13.8. The van der Waals surface area contributed by atoms with E-state index in [1.807, 2.05) is 46.2 Å². The second-order valence-electron chi connectivity index (χ2n) is 10.6. The number of morpholine rings is 1. The number of carbonyl (C=O) groups excluding carboxylic acids is 3. The number of esters is 1. The molecule has 0 radical (unpaired) electrons. The van der Waals surface area contributed by atoms with Crippen molar-refractivity contribution in [1.29, 1.82) is 0 Å². The van der Waals surface area contributed by atoms with Gasteiger partial charge in [-0.3, -0.25) is 9.59 Å². The Bertz CT molecular complexity index is 1240. The second-order valence-corrected chi connectivity index (χ2v) is 10.6. The topological polar surface area (TPSA) is 88.2 Å². The number of Topliss-reactive ketones (excluding diaryl/α,β-unsaturated/α-hetero) is 1. The molecule has 0 spiro atoms. The van der Waals surface area contributed by atoms with E-state index >= 15 is 0 Å². The van der Waals surface area contributed by atoms with Crippen molar-refractivity contribution in [2.45, 2.75) is 32.7 Å². The van der Waals surface area contributed by atoms with Gasteiger partial charge in [0, 0.05) is 30.8 Å². The van der Waals surface area contributed by atoms with Crippen LogP contribution in [0.2, 0.25) is 0 Å². The molecule has 0 bridgehead atoms. The van der Waals surface area contributed by atoms with Gasteiger partial charge in [-0.2, -0.15) is 0 Å². The molecular weight excluding hydrogens is 470 g/mol. The third-order valence-electron chi connectivity index (χ3n) is 7.32. The minimum Gasteiger partial charge on any atom is -0.465 e. The lowest BCUT2D eigenvalue weighted by Crippen LogP contribution is -2.47. The Labute approximate surface area is 217 Å². The molecule has 5 rings (SSSR count). The molecule has 1 aliphatic carbocycles. The Morgan fingerprint density at radius 2 is 1.76 bits per heavy atom. The van der Waals surface area contributed by atoms with Crippen LogP contribution in [0.3, 0.4) is 0 Å². The van der Waals surface area contributed by atoms with E-state index < -0.39 is 12.0 Å². The Kier molecular flexibility index (Phi) is 6.77. The Balaban J connectivity index is 1.65. The van der Waals surface area contributed by atoms with Crippen LogP contribution < -0.4 is 10.2 Å². The lowest BCUT2D eigenvalue weighted by Gasteiger charge is -2.39. The Hall–Kier alpha value is -3.65. The number of amides is 1. The number of hydrogen-bond acceptors (Lipinski definition) is 7. The highest BCUT2D eigenvalue weighted by atomic mass is 16.5. The number of nitrogens with zero attached hydrogens (tertiary/aromatic N) is 2. The third kappa shape index (κ3) is 4.98. The van der Waals surface area contributed by atoms with Gasteiger partial charge in [0.25, 0.3) is 0 Å². The molecule has 2 aliphatic heterocycles. The van der Waals surface area contributed by atoms with Crippen molar-refractivity contribution >= 4 is 29.0 Å². The van der Waals surface area contributed by atoms with Crippen LogP contribution in [0.4, 0.5) is 11.4 Å². The fraction of sp³-hybridized carbons (Fsp3) is 0.414. The molecule has 0 saturated carbocycles. The zero-order chi connectivity index (χ0) is 26.2. The summed E-state index contributed by atoms with van der Waals surface area (Å²) in [5.74, 6) is -0.367. The van der Waals surface area contributed by atoms with Crippen molar-refractivity contribution in [3.05, 3.63) is 70.9 Å². The van der Waals surface area contributed by atoms with E-state index in [1.54, 1.807) is 12.1 Å². The van der Waals surface area contributed by atoms with Gasteiger partial charge in [-0.1, -0.05) is 38.1 Å². The lowest BCUT2D eigenvalue weighted by molar-refractivity contribution is -0.133. The predicted octanol–water partition coefficient (Wildman–Crippen LogP) is 3.95. The summed E-state index contributed by atoms with van der Waals surface area (Å²) < 4.78 is 10.3. The first-order chi connectivity index (χ1) is 17.8. The van der Waals surface area contributed by atoms with Gasteiger partial charge in [0.05, 0.1) is 49.8 Å². The molecule has 0 aromatic heterocycles. The van der Waals surface area contributed by atoms with Crippen LogP contribution in [0.25, 0.3) is 0 Å². The standard InChI is InChI=1S/C29H33N3O5/c1-29(2)16-22-26(24(33)17-29)27(19-8-10-20(11-9-19)28(35)36-3)32(23-7-5-4-6-21(23)30-22)18-25(34)31-12-14-37-15-13-31/h4-11,27,30H,12-18H2,1-3H3. The van der Waals surface area contributed by atoms with Gasteiger partial charge in [0.2, 0.25) is 5.91 Å². The molecule has 1 unspecified atom stereocenters. The summed E-state index contributed by atoms with van der Waals surface area (Å²) in [6, 6.07) is 14.5. The van der Waals surface area contributed by atoms with Crippen LogP contribution >= 0.6 is 0 Å². The first kappa shape index (κ1) is 25.0. The SMILES string of the molecule is COC(=O)c1ccc(C2C3=C(CC(C)(C)CC3=O)Nc3ccccc3N2CC(=O)N2CCOCC2)cc1. The maximum atomic E-state index is 13.8. The number of anilines is 2. The molecule has 3 aliphatic rings. The molecule has 2 heterocycles. The van der Waals surface area contributed by atoms with E-state index in [9.17, 15) is 14.4 Å². The largest absolute Gasteiger partial charge is 0.465 e. The summed E-state index contributed by atoms with van der Waals surface area (Å²) in [4.78, 5) is 43.3. The Morgan fingerprint density at radius 3 is 2.46 bits per heavy atom. The molecule has 8 nitrogen and oxygen atoms in total. The molecule has 1 atom stereocenters. The number of nitrogens with one attached hydrogen (secondary N) is 1. The van der Waals surface area contributed by atoms with Gasteiger partial charge >= 0.3 is 5.97 Å². The van der Waals surface area contributed by atoms with Crippen LogP contribution in [-0.4, -0.2) is 62.5 Å². The fourth-order valence-electron chi connectivity index (χ4n) is 5.55. The van der Waals surface area contributed by atoms with E-state index in [0.717, 1.165) is 22.6 Å². The number of hydrogen-bond donors (Lipinski definition) is 1. The lowest BCUT2D eigenvalue weighted by atomic mass is 9.73. The molecule has 37 heavy (non-hydrogen) atoms. The first-order valence-corrected chi connectivity index (χ1v) is 12.7. The molecule has 8 heteroatoms. The number of ketones is 1. The van der Waals surface area contributed by atoms with Crippen LogP contribution in [-0.2, 0) is 19.1 Å². The van der Waals surface area contributed by atoms with E-state index in [2.05, 4.69) is 19.2 Å². The van der Waals surface area contributed by atoms with Crippen molar-refractivity contribution in [3.63, 3.8) is 0 Å². The quantitative estimate of drug-likeness (QED) is 0.632. The van der Waals surface area contributed by atoms with Crippen LogP contribution in [0, 0.1) is 5.41 Å². The average molecular weight is 504 g/mol. The highest BCUT2D eigenvalue weighted by Crippen LogP contribution is 2.48. The number of para-hydroxylation sites is 2. The third-order valence-corrected chi connectivity index (χ3v) is 7.32. The van der Waals surface area contributed by atoms with E-state index in [4.69, 9.17) is 9.47 Å². The minimum atomic E-state index is -0.494. The number of fused-ring (bicyclic) bond motifs is 1. The number of rotatable bonds is 4. The first-order valence-electron chi connectivity index (χ1n) is 12.7. The monoisotopic (exact) mass is 503 g/mol. The summed E-state index contributed by atoms with van der Waals surface area (Å²) in [5.41, 5.74) is 4.36. The van der Waals surface area contributed by atoms with Crippen molar-refractivity contribution in [3.8, 4) is 0 Å². The van der Waals surface area contributed by atoms with Crippen molar-refractivity contribution in [1.82, 2.24) is 4.90 Å². The number of allylic oxidation sites excluding steroid dienone is 1. The number of methoxy groups -OCH3 is 1. The molecule has 1 N–H and O–H groups in total. The van der Waals surface area contributed by atoms with Crippen LogP contribution in [0.15, 0.2) is 59.8 Å². The molecule has 194 valence electrons. The van der Waals surface area contributed by atoms with Crippen molar-refractivity contribution in [2.24, 2.45) is 5.41 Å². The van der Waals surface area contributed by atoms with Gasteiger partial charge in [0.15, 0.2) is 5.78 Å². The van der Waals surface area contributed by atoms with E-state index in [0.29, 0.717) is 50.3 Å². The van der Waals surface area contributed by atoms with Crippen molar-refractivity contribution < 1.29 is 23.9 Å². The van der Waals surface area contributed by atoms with Gasteiger partial charge in [-0.25, -0.2) is 4.79 Å². The number of carbonyl (C=O) groups is 3. The summed E-state index contributed by atoms with van der Waals surface area (Å²) >= 11 is 0. The maximum Gasteiger partial charge on any atom is 0.337 e. The second kappa shape index (κ2) is 10.0. The van der Waals surface area contributed by atoms with Gasteiger partial charge in [-0.05, 0) is 41.7 Å². The van der Waals surface area contributed by atoms with Crippen molar-refractivity contribution in [2.75, 3.05) is 50.2 Å². The van der Waals surface area contributed by atoms with E-state index in [-0.39, 0.29) is 23.7 Å². The highest BCUT2D eigenvalue weighted by molar-refractivity contribution is 6.02. The van der Waals surface area contributed by atoms with Crippen LogP contribution in [0.1, 0.15) is 48.7 Å². The number of ether oxygens (including phenoxy) is 2. The predicted molar refractivity (Wildman–Crippen MR) is 140 cm³/mol. The fourth-order valence-corrected chi connectivity index (χ4v) is 5.55. The summed E-state index contributed by atoms with van der Waals surface area (Å²) in [7, 11) is 1.35. The Morgan fingerprint density at radius 1 is 1.05 bits per heavy atom. The minimum absolute atomic E-state index is 0.0121.